The van der Waals surface area contributed by atoms with Crippen LogP contribution in [0.3, 0.4) is 0 Å². The number of amides is 2. The van der Waals surface area contributed by atoms with E-state index < -0.39 is 0 Å². The number of imide groups is 1. The Morgan fingerprint density at radius 3 is 1.82 bits per heavy atom. The van der Waals surface area contributed by atoms with Crippen molar-refractivity contribution < 1.29 is 9.59 Å². The second kappa shape index (κ2) is 14.7. The lowest BCUT2D eigenvalue weighted by atomic mass is 9.61. The maximum Gasteiger partial charge on any atom is 0.261 e. The van der Waals surface area contributed by atoms with Gasteiger partial charge in [-0.3, -0.25) is 14.5 Å². The largest absolute Gasteiger partial charge is 0.361 e. The third kappa shape index (κ3) is 6.28. The molecule has 0 spiro atoms. The number of hydrogen-bond donors (Lipinski definition) is 3. The van der Waals surface area contributed by atoms with Crippen LogP contribution in [0.5, 0.6) is 0 Å². The van der Waals surface area contributed by atoms with Gasteiger partial charge >= 0.3 is 0 Å². The molecule has 0 atom stereocenters. The van der Waals surface area contributed by atoms with Gasteiger partial charge in [-0.2, -0.15) is 0 Å². The van der Waals surface area contributed by atoms with E-state index in [2.05, 4.69) is 121 Å². The van der Waals surface area contributed by atoms with Gasteiger partial charge in [-0.1, -0.05) is 86.5 Å². The third-order valence-electron chi connectivity index (χ3n) is 13.0. The van der Waals surface area contributed by atoms with Crippen molar-refractivity contribution in [1.82, 2.24) is 24.8 Å². The van der Waals surface area contributed by atoms with E-state index in [4.69, 9.17) is 0 Å². The molecule has 282 valence electrons. The number of rotatable bonds is 9. The predicted molar refractivity (Wildman–Crippen MR) is 225 cm³/mol. The van der Waals surface area contributed by atoms with Gasteiger partial charge in [0, 0.05) is 62.4 Å². The second-order valence-corrected chi connectivity index (χ2v) is 16.1. The summed E-state index contributed by atoms with van der Waals surface area (Å²) in [6.07, 6.45) is 10.5. The number of fused-ring (bicyclic) bond motifs is 4. The van der Waals surface area contributed by atoms with E-state index in [1.807, 2.05) is 24.4 Å². The maximum atomic E-state index is 13.4. The Morgan fingerprint density at radius 1 is 0.673 bits per heavy atom. The van der Waals surface area contributed by atoms with E-state index in [-0.39, 0.29) is 22.8 Å². The Balaban J connectivity index is 0.000000368. The normalized spacial score (nSPS) is 19.8. The zero-order valence-corrected chi connectivity index (χ0v) is 32.9. The number of H-pyrrole nitrogens is 3. The van der Waals surface area contributed by atoms with Crippen LogP contribution in [0.1, 0.15) is 101 Å². The van der Waals surface area contributed by atoms with E-state index >= 15 is 0 Å². The first-order valence-electron chi connectivity index (χ1n) is 20.0. The summed E-state index contributed by atoms with van der Waals surface area (Å²) in [5, 5.41) is 3.76. The molecule has 0 bridgehead atoms. The third-order valence-corrected chi connectivity index (χ3v) is 13.0. The highest BCUT2D eigenvalue weighted by Gasteiger charge is 2.49. The van der Waals surface area contributed by atoms with Crippen molar-refractivity contribution in [2.75, 3.05) is 20.6 Å². The standard InChI is InChI=1S/C39H44N4O2.C9H9N/c1-5-6-20-38(42(3)4)21-23-39(24-22-38,34-26(2)27-13-9-11-17-32(27)40-34)35-29(28-14-10-12-18-33(28)41-35)19-25-43-36(44)30-15-7-8-16-31(30)37(43)45;1-7-6-10-9-5-3-2-4-8(7)9/h7-18,40-41H,5-6,19-25H2,1-4H3;2-6,10H,1H3. The number of nitrogens with zero attached hydrogens (tertiary/aromatic N) is 2. The average molecular weight is 732 g/mol. The number of carbonyl (C=O) groups excluding carboxylic acids is 2. The minimum absolute atomic E-state index is 0.172. The van der Waals surface area contributed by atoms with Crippen molar-refractivity contribution >= 4 is 44.5 Å². The molecule has 9 rings (SSSR count). The smallest absolute Gasteiger partial charge is 0.261 e. The Kier molecular flexibility index (Phi) is 9.76. The van der Waals surface area contributed by atoms with E-state index in [0.717, 1.165) is 31.2 Å². The highest BCUT2D eigenvalue weighted by molar-refractivity contribution is 6.21. The van der Waals surface area contributed by atoms with Crippen molar-refractivity contribution in [2.45, 2.75) is 83.1 Å². The minimum atomic E-state index is -0.259. The summed E-state index contributed by atoms with van der Waals surface area (Å²) in [6, 6.07) is 32.6. The topological polar surface area (TPSA) is 88.0 Å². The number of nitrogens with one attached hydrogen (secondary N) is 3. The van der Waals surface area contributed by atoms with Gasteiger partial charge in [-0.05, 0) is 113 Å². The van der Waals surface area contributed by atoms with Crippen LogP contribution >= 0.6 is 0 Å². The Hall–Kier alpha value is -5.40. The first-order chi connectivity index (χ1) is 26.7. The number of para-hydroxylation sites is 3. The van der Waals surface area contributed by atoms with Gasteiger partial charge in [0.25, 0.3) is 11.8 Å². The first-order valence-corrected chi connectivity index (χ1v) is 20.0. The van der Waals surface area contributed by atoms with Gasteiger partial charge in [-0.25, -0.2) is 0 Å². The van der Waals surface area contributed by atoms with Crippen molar-refractivity contribution in [2.24, 2.45) is 0 Å². The van der Waals surface area contributed by atoms with Crippen LogP contribution in [0.2, 0.25) is 0 Å². The van der Waals surface area contributed by atoms with Crippen molar-refractivity contribution in [1.29, 1.82) is 0 Å². The van der Waals surface area contributed by atoms with Crippen molar-refractivity contribution in [3.63, 3.8) is 0 Å². The molecule has 3 N–H and O–H groups in total. The van der Waals surface area contributed by atoms with Gasteiger partial charge in [0.05, 0.1) is 16.5 Å². The molecule has 7 heteroatoms. The van der Waals surface area contributed by atoms with E-state index in [1.165, 1.54) is 79.4 Å². The molecule has 7 aromatic rings. The lowest BCUT2D eigenvalue weighted by Gasteiger charge is -2.50. The number of benzene rings is 4. The van der Waals surface area contributed by atoms with Crippen molar-refractivity contribution in [3.05, 3.63) is 142 Å². The molecule has 4 heterocycles. The molecular formula is C48H53N5O2. The summed E-state index contributed by atoms with van der Waals surface area (Å²) < 4.78 is 0. The summed E-state index contributed by atoms with van der Waals surface area (Å²) in [6.45, 7) is 7.01. The number of aromatic nitrogens is 3. The van der Waals surface area contributed by atoms with Crippen LogP contribution < -0.4 is 0 Å². The highest BCUT2D eigenvalue weighted by atomic mass is 16.2. The number of unbranched alkanes of at least 4 members (excludes halogenated alkanes) is 1. The van der Waals surface area contributed by atoms with Gasteiger partial charge in [0.1, 0.15) is 0 Å². The summed E-state index contributed by atoms with van der Waals surface area (Å²) >= 11 is 0. The predicted octanol–water partition coefficient (Wildman–Crippen LogP) is 10.6. The molecule has 1 saturated carbocycles. The minimum Gasteiger partial charge on any atom is -0.361 e. The number of carbonyl (C=O) groups is 2. The van der Waals surface area contributed by atoms with Gasteiger partial charge in [0.2, 0.25) is 0 Å². The Labute approximate surface area is 324 Å². The maximum absolute atomic E-state index is 13.4. The fourth-order valence-corrected chi connectivity index (χ4v) is 9.71. The van der Waals surface area contributed by atoms with E-state index in [9.17, 15) is 9.59 Å². The molecular weight excluding hydrogens is 679 g/mol. The fourth-order valence-electron chi connectivity index (χ4n) is 9.71. The van der Waals surface area contributed by atoms with Crippen molar-refractivity contribution in [3.8, 4) is 0 Å². The molecule has 0 radical (unpaired) electrons. The molecule has 2 amide bonds. The zero-order valence-electron chi connectivity index (χ0n) is 32.9. The van der Waals surface area contributed by atoms with Crippen LogP contribution in [0.15, 0.2) is 103 Å². The summed E-state index contributed by atoms with van der Waals surface area (Å²) in [5.41, 5.74) is 10.8. The van der Waals surface area contributed by atoms with Crippen LogP contribution in [0, 0.1) is 13.8 Å². The molecule has 2 aliphatic rings. The summed E-state index contributed by atoms with van der Waals surface area (Å²) in [5.74, 6) is -0.384. The SMILES string of the molecule is CCCCC1(N(C)C)CCC(c2[nH]c3ccccc3c2C)(c2[nH]c3ccccc3c2CCN2C(=O)c3ccccc3C2=O)CC1.Cc1c[nH]c2ccccc12. The van der Waals surface area contributed by atoms with Crippen LogP contribution in [-0.2, 0) is 11.8 Å². The van der Waals surface area contributed by atoms with Crippen LogP contribution in [-0.4, -0.2) is 62.7 Å². The monoisotopic (exact) mass is 731 g/mol. The molecule has 1 aliphatic heterocycles. The molecule has 0 saturated heterocycles. The first kappa shape index (κ1) is 36.6. The van der Waals surface area contributed by atoms with E-state index in [1.54, 1.807) is 12.1 Å². The quantitative estimate of drug-likeness (QED) is 0.129. The van der Waals surface area contributed by atoms with Gasteiger partial charge < -0.3 is 19.9 Å². The summed E-state index contributed by atoms with van der Waals surface area (Å²) in [4.78, 5) is 41.7. The second-order valence-electron chi connectivity index (χ2n) is 16.1. The zero-order chi connectivity index (χ0) is 38.3. The van der Waals surface area contributed by atoms with Gasteiger partial charge in [-0.15, -0.1) is 0 Å². The molecule has 0 unspecified atom stereocenters. The lowest BCUT2D eigenvalue weighted by molar-refractivity contribution is 0.0636. The average Bonchev–Trinajstić information content (AvgIpc) is 3.95. The Morgan fingerprint density at radius 2 is 1.22 bits per heavy atom. The molecule has 1 aliphatic carbocycles. The molecule has 55 heavy (non-hydrogen) atoms. The molecule has 4 aromatic carbocycles. The number of aromatic amines is 3. The molecule has 7 nitrogen and oxygen atoms in total. The van der Waals surface area contributed by atoms with Gasteiger partial charge in [0.15, 0.2) is 0 Å². The highest BCUT2D eigenvalue weighted by Crippen LogP contribution is 2.53. The molecule has 3 aromatic heterocycles. The molecule has 1 fully saturated rings. The number of aryl methyl sites for hydroxylation is 2. The van der Waals surface area contributed by atoms with E-state index in [0.29, 0.717) is 24.1 Å². The Bertz CT molecular complexity index is 2470. The lowest BCUT2D eigenvalue weighted by Crippen LogP contribution is -2.51. The number of hydrogen-bond acceptors (Lipinski definition) is 3. The van der Waals surface area contributed by atoms with Crippen LogP contribution in [0.4, 0.5) is 0 Å². The fraction of sp³-hybridized carbons (Fsp3) is 0.333. The summed E-state index contributed by atoms with van der Waals surface area (Å²) in [7, 11) is 4.51. The van der Waals surface area contributed by atoms with Crippen LogP contribution in [0.25, 0.3) is 32.7 Å².